The Bertz CT molecular complexity index is 506. The number of aryl methyl sites for hydroxylation is 2. The summed E-state index contributed by atoms with van der Waals surface area (Å²) in [6.45, 7) is 4.10. The van der Waals surface area contributed by atoms with E-state index in [4.69, 9.17) is 14.9 Å². The van der Waals surface area contributed by atoms with E-state index in [0.717, 1.165) is 6.92 Å². The lowest BCUT2D eigenvalue weighted by Gasteiger charge is -2.13. The van der Waals surface area contributed by atoms with Crippen LogP contribution in [0.5, 0.6) is 5.75 Å². The number of rotatable bonds is 3. The van der Waals surface area contributed by atoms with Crippen molar-refractivity contribution in [3.63, 3.8) is 0 Å². The maximum Gasteiger partial charge on any atom is 0.339 e. The lowest BCUT2D eigenvalue weighted by molar-refractivity contribution is -0.131. The third-order valence-electron chi connectivity index (χ3n) is 2.35. The van der Waals surface area contributed by atoms with Gasteiger partial charge >= 0.3 is 17.9 Å². The maximum absolute atomic E-state index is 11.1. The molecule has 0 aliphatic heterocycles. The molecule has 1 aromatic rings. The maximum atomic E-state index is 11.1. The first-order chi connectivity index (χ1) is 8.25. The Morgan fingerprint density at radius 3 is 1.67 bits per heavy atom. The zero-order valence-corrected chi connectivity index (χ0v) is 10.1. The molecule has 0 spiro atoms. The quantitative estimate of drug-likeness (QED) is 0.626. The molecule has 0 saturated carbocycles. The van der Waals surface area contributed by atoms with Crippen LogP contribution in [0.3, 0.4) is 0 Å². The van der Waals surface area contributed by atoms with Crippen molar-refractivity contribution in [3.05, 3.63) is 28.3 Å². The highest BCUT2D eigenvalue weighted by atomic mass is 16.5. The molecule has 0 radical (unpaired) electrons. The molecule has 18 heavy (non-hydrogen) atoms. The highest BCUT2D eigenvalue weighted by Crippen LogP contribution is 2.30. The number of esters is 1. The molecular formula is C12H12O6. The van der Waals surface area contributed by atoms with Crippen molar-refractivity contribution in [2.75, 3.05) is 0 Å². The first-order valence-electron chi connectivity index (χ1n) is 5.05. The van der Waals surface area contributed by atoms with Gasteiger partial charge in [-0.1, -0.05) is 6.07 Å². The zero-order chi connectivity index (χ0) is 14.0. The van der Waals surface area contributed by atoms with Gasteiger partial charge in [0.1, 0.15) is 11.1 Å². The number of hydrogen-bond acceptors (Lipinski definition) is 4. The second kappa shape index (κ2) is 4.87. The number of carbonyl (C=O) groups is 3. The van der Waals surface area contributed by atoms with Crippen LogP contribution in [0.4, 0.5) is 0 Å². The number of carboxylic acid groups (broad SMARTS) is 2. The summed E-state index contributed by atoms with van der Waals surface area (Å²) in [5, 5.41) is 18.1. The summed E-state index contributed by atoms with van der Waals surface area (Å²) < 4.78 is 4.76. The minimum atomic E-state index is -1.34. The number of ether oxygens (including phenoxy) is 1. The molecule has 0 bridgehead atoms. The van der Waals surface area contributed by atoms with Crippen LogP contribution >= 0.6 is 0 Å². The molecule has 6 heteroatoms. The van der Waals surface area contributed by atoms with Crippen LogP contribution in [0, 0.1) is 13.8 Å². The fourth-order valence-corrected chi connectivity index (χ4v) is 1.73. The average molecular weight is 252 g/mol. The second-order valence-corrected chi connectivity index (χ2v) is 3.79. The Labute approximate surface area is 103 Å². The van der Waals surface area contributed by atoms with Gasteiger partial charge in [0.15, 0.2) is 5.75 Å². The molecule has 1 aromatic carbocycles. The van der Waals surface area contributed by atoms with Crippen LogP contribution in [-0.4, -0.2) is 28.1 Å². The van der Waals surface area contributed by atoms with Crippen molar-refractivity contribution in [1.29, 1.82) is 0 Å². The molecule has 0 heterocycles. The third kappa shape index (κ3) is 2.48. The van der Waals surface area contributed by atoms with E-state index in [9.17, 15) is 14.4 Å². The summed E-state index contributed by atoms with van der Waals surface area (Å²) in [7, 11) is 0. The van der Waals surface area contributed by atoms with E-state index < -0.39 is 23.7 Å². The van der Waals surface area contributed by atoms with Crippen LogP contribution in [0.25, 0.3) is 0 Å². The van der Waals surface area contributed by atoms with Crippen LogP contribution in [0.1, 0.15) is 38.8 Å². The van der Waals surface area contributed by atoms with Gasteiger partial charge in [-0.2, -0.15) is 0 Å². The molecule has 2 N–H and O–H groups in total. The Kier molecular flexibility index (Phi) is 3.70. The van der Waals surface area contributed by atoms with Gasteiger partial charge in [0.25, 0.3) is 0 Å². The molecule has 0 amide bonds. The van der Waals surface area contributed by atoms with E-state index in [1.165, 1.54) is 19.9 Å². The molecule has 0 aliphatic carbocycles. The standard InChI is InChI=1S/C12H12O6/c1-5-4-6(2)9(12(16)17)10(18-7(3)13)8(5)11(14)15/h4H,1-3H3,(H,14,15)(H,16,17). The van der Waals surface area contributed by atoms with Crippen molar-refractivity contribution in [1.82, 2.24) is 0 Å². The summed E-state index contributed by atoms with van der Waals surface area (Å²) in [5.41, 5.74) is 0.0453. The van der Waals surface area contributed by atoms with Gasteiger partial charge in [0.05, 0.1) is 0 Å². The molecule has 1 rings (SSSR count). The number of carboxylic acids is 2. The number of hydrogen-bond donors (Lipinski definition) is 2. The predicted octanol–water partition coefficient (Wildman–Crippen LogP) is 1.63. The minimum Gasteiger partial charge on any atom is -0.478 e. The van der Waals surface area contributed by atoms with E-state index >= 15 is 0 Å². The highest BCUT2D eigenvalue weighted by Gasteiger charge is 2.25. The first-order valence-corrected chi connectivity index (χ1v) is 5.05. The Hall–Kier alpha value is -2.37. The largest absolute Gasteiger partial charge is 0.478 e. The predicted molar refractivity (Wildman–Crippen MR) is 61.1 cm³/mol. The zero-order valence-electron chi connectivity index (χ0n) is 10.1. The van der Waals surface area contributed by atoms with Gasteiger partial charge in [0, 0.05) is 6.92 Å². The van der Waals surface area contributed by atoms with Crippen LogP contribution in [0.2, 0.25) is 0 Å². The summed E-state index contributed by atoms with van der Waals surface area (Å²) >= 11 is 0. The van der Waals surface area contributed by atoms with E-state index in [0.29, 0.717) is 11.1 Å². The Morgan fingerprint density at radius 2 is 1.39 bits per heavy atom. The summed E-state index contributed by atoms with van der Waals surface area (Å²) in [6.07, 6.45) is 0. The van der Waals surface area contributed by atoms with Gasteiger partial charge in [-0.05, 0) is 25.0 Å². The summed E-state index contributed by atoms with van der Waals surface area (Å²) in [4.78, 5) is 33.2. The van der Waals surface area contributed by atoms with Crippen molar-refractivity contribution in [2.45, 2.75) is 20.8 Å². The van der Waals surface area contributed by atoms with Crippen LogP contribution in [0.15, 0.2) is 6.07 Å². The van der Waals surface area contributed by atoms with Crippen molar-refractivity contribution >= 4 is 17.9 Å². The van der Waals surface area contributed by atoms with E-state index in [-0.39, 0.29) is 11.1 Å². The van der Waals surface area contributed by atoms with Gasteiger partial charge in [0.2, 0.25) is 0 Å². The van der Waals surface area contributed by atoms with Crippen molar-refractivity contribution in [3.8, 4) is 5.75 Å². The normalized spacial score (nSPS) is 9.94. The third-order valence-corrected chi connectivity index (χ3v) is 2.35. The second-order valence-electron chi connectivity index (χ2n) is 3.79. The smallest absolute Gasteiger partial charge is 0.339 e. The molecule has 96 valence electrons. The van der Waals surface area contributed by atoms with Crippen LogP contribution in [-0.2, 0) is 4.79 Å². The van der Waals surface area contributed by atoms with Crippen molar-refractivity contribution in [2.24, 2.45) is 0 Å². The van der Waals surface area contributed by atoms with E-state index in [1.54, 1.807) is 0 Å². The fraction of sp³-hybridized carbons (Fsp3) is 0.250. The SMILES string of the molecule is CC(=O)Oc1c(C(=O)O)c(C)cc(C)c1C(=O)O. The average Bonchev–Trinajstić information content (AvgIpc) is 2.13. The molecule has 6 nitrogen and oxygen atoms in total. The molecular weight excluding hydrogens is 240 g/mol. The molecule has 0 fully saturated rings. The molecule has 0 saturated heterocycles. The Balaban J connectivity index is 3.70. The Morgan fingerprint density at radius 1 is 1.00 bits per heavy atom. The minimum absolute atomic E-state index is 0.312. The fourth-order valence-electron chi connectivity index (χ4n) is 1.73. The van der Waals surface area contributed by atoms with Crippen molar-refractivity contribution < 1.29 is 29.3 Å². The molecule has 0 unspecified atom stereocenters. The molecule has 0 aromatic heterocycles. The van der Waals surface area contributed by atoms with E-state index in [1.807, 2.05) is 0 Å². The van der Waals surface area contributed by atoms with Gasteiger partial charge in [-0.15, -0.1) is 0 Å². The molecule has 0 aliphatic rings. The molecule has 0 atom stereocenters. The number of aromatic carboxylic acids is 2. The lowest BCUT2D eigenvalue weighted by Crippen LogP contribution is -2.15. The lowest BCUT2D eigenvalue weighted by atomic mass is 9.98. The van der Waals surface area contributed by atoms with Crippen LogP contribution < -0.4 is 4.74 Å². The van der Waals surface area contributed by atoms with Gasteiger partial charge < -0.3 is 14.9 Å². The monoisotopic (exact) mass is 252 g/mol. The topological polar surface area (TPSA) is 101 Å². The van der Waals surface area contributed by atoms with Gasteiger partial charge in [-0.3, -0.25) is 4.79 Å². The summed E-state index contributed by atoms with van der Waals surface area (Å²) in [6, 6.07) is 1.43. The number of benzene rings is 1. The van der Waals surface area contributed by atoms with E-state index in [2.05, 4.69) is 0 Å². The van der Waals surface area contributed by atoms with Gasteiger partial charge in [-0.25, -0.2) is 9.59 Å². The highest BCUT2D eigenvalue weighted by molar-refractivity contribution is 6.01. The summed E-state index contributed by atoms with van der Waals surface area (Å²) in [5.74, 6) is -3.87. The number of carbonyl (C=O) groups excluding carboxylic acids is 1. The first kappa shape index (κ1) is 13.7.